The predicted molar refractivity (Wildman–Crippen MR) is 55.9 cm³/mol. The van der Waals surface area contributed by atoms with E-state index < -0.39 is 0 Å². The maximum Gasteiger partial charge on any atom is 0.308 e. The zero-order valence-electron chi connectivity index (χ0n) is 8.41. The standard InChI is InChI=1S/C10H18O2S/c1-8(10(11)12-2)5-6-9-4-3-7-13-9/h8-9H,3-7H2,1-2H3/t8-,9?/m0/s1. The highest BCUT2D eigenvalue weighted by Gasteiger charge is 2.19. The summed E-state index contributed by atoms with van der Waals surface area (Å²) in [6, 6.07) is 0. The first kappa shape index (κ1) is 10.9. The van der Waals surface area contributed by atoms with Gasteiger partial charge in [0.05, 0.1) is 13.0 Å². The number of rotatable bonds is 4. The molecule has 1 unspecified atom stereocenters. The molecule has 0 spiro atoms. The molecule has 1 saturated heterocycles. The van der Waals surface area contributed by atoms with E-state index in [0.29, 0.717) is 0 Å². The number of methoxy groups -OCH3 is 1. The highest BCUT2D eigenvalue weighted by atomic mass is 32.2. The Morgan fingerprint density at radius 1 is 1.69 bits per heavy atom. The van der Waals surface area contributed by atoms with Crippen LogP contribution < -0.4 is 0 Å². The molecule has 2 nitrogen and oxygen atoms in total. The Kier molecular flexibility index (Phi) is 4.64. The summed E-state index contributed by atoms with van der Waals surface area (Å²) in [5.74, 6) is 1.31. The monoisotopic (exact) mass is 202 g/mol. The average molecular weight is 202 g/mol. The van der Waals surface area contributed by atoms with Gasteiger partial charge in [-0.2, -0.15) is 11.8 Å². The summed E-state index contributed by atoms with van der Waals surface area (Å²) >= 11 is 2.05. The second kappa shape index (κ2) is 5.53. The van der Waals surface area contributed by atoms with Crippen LogP contribution >= 0.6 is 11.8 Å². The summed E-state index contributed by atoms with van der Waals surface area (Å²) in [7, 11) is 1.46. The van der Waals surface area contributed by atoms with Gasteiger partial charge in [0.15, 0.2) is 0 Å². The molecule has 0 aromatic heterocycles. The van der Waals surface area contributed by atoms with Crippen LogP contribution in [0.1, 0.15) is 32.6 Å². The Balaban J connectivity index is 2.13. The van der Waals surface area contributed by atoms with Crippen molar-refractivity contribution >= 4 is 17.7 Å². The van der Waals surface area contributed by atoms with E-state index in [1.54, 1.807) is 0 Å². The molecule has 1 aliphatic rings. The number of hydrogen-bond donors (Lipinski definition) is 0. The fourth-order valence-corrected chi connectivity index (χ4v) is 2.93. The zero-order valence-corrected chi connectivity index (χ0v) is 9.23. The van der Waals surface area contributed by atoms with Crippen LogP contribution in [0.3, 0.4) is 0 Å². The van der Waals surface area contributed by atoms with Gasteiger partial charge >= 0.3 is 5.97 Å². The molecule has 0 aliphatic carbocycles. The van der Waals surface area contributed by atoms with Gasteiger partial charge in [-0.05, 0) is 31.4 Å². The quantitative estimate of drug-likeness (QED) is 0.655. The van der Waals surface area contributed by atoms with Crippen LogP contribution in [-0.4, -0.2) is 24.1 Å². The van der Waals surface area contributed by atoms with Crippen molar-refractivity contribution in [3.8, 4) is 0 Å². The van der Waals surface area contributed by atoms with Gasteiger partial charge in [0.25, 0.3) is 0 Å². The Morgan fingerprint density at radius 3 is 3.00 bits per heavy atom. The lowest BCUT2D eigenvalue weighted by molar-refractivity contribution is -0.145. The third-order valence-corrected chi connectivity index (χ3v) is 4.02. The van der Waals surface area contributed by atoms with Crippen LogP contribution in [0.5, 0.6) is 0 Å². The lowest BCUT2D eigenvalue weighted by Gasteiger charge is -2.11. The van der Waals surface area contributed by atoms with Gasteiger partial charge in [-0.3, -0.25) is 4.79 Å². The molecule has 1 aliphatic heterocycles. The summed E-state index contributed by atoms with van der Waals surface area (Å²) in [6.07, 6.45) is 4.83. The molecular weight excluding hydrogens is 184 g/mol. The highest BCUT2D eigenvalue weighted by Crippen LogP contribution is 2.30. The molecular formula is C10H18O2S. The Hall–Kier alpha value is -0.180. The van der Waals surface area contributed by atoms with Crippen molar-refractivity contribution in [3.05, 3.63) is 0 Å². The molecule has 1 heterocycles. The summed E-state index contributed by atoms with van der Waals surface area (Å²) in [5, 5.41) is 0.798. The third-order valence-electron chi connectivity index (χ3n) is 2.55. The van der Waals surface area contributed by atoms with Crippen molar-refractivity contribution in [2.24, 2.45) is 5.92 Å². The molecule has 0 aromatic carbocycles. The zero-order chi connectivity index (χ0) is 9.68. The SMILES string of the molecule is COC(=O)[C@@H](C)CCC1CCCS1. The van der Waals surface area contributed by atoms with Crippen LogP contribution in [0.15, 0.2) is 0 Å². The summed E-state index contributed by atoms with van der Waals surface area (Å²) in [4.78, 5) is 11.1. The Bertz CT molecular complexity index is 164. The number of carbonyl (C=O) groups excluding carboxylic acids is 1. The molecule has 0 N–H and O–H groups in total. The van der Waals surface area contributed by atoms with Crippen molar-refractivity contribution in [3.63, 3.8) is 0 Å². The molecule has 0 radical (unpaired) electrons. The number of hydrogen-bond acceptors (Lipinski definition) is 3. The molecule has 0 amide bonds. The highest BCUT2D eigenvalue weighted by molar-refractivity contribution is 8.00. The number of thioether (sulfide) groups is 1. The van der Waals surface area contributed by atoms with E-state index >= 15 is 0 Å². The van der Waals surface area contributed by atoms with Crippen molar-refractivity contribution in [2.45, 2.75) is 37.9 Å². The van der Waals surface area contributed by atoms with E-state index in [1.165, 1.54) is 32.1 Å². The first-order valence-electron chi connectivity index (χ1n) is 4.93. The molecule has 1 fully saturated rings. The van der Waals surface area contributed by atoms with Gasteiger partial charge in [0.1, 0.15) is 0 Å². The molecule has 0 aromatic rings. The first-order chi connectivity index (χ1) is 6.24. The van der Waals surface area contributed by atoms with Crippen molar-refractivity contribution in [2.75, 3.05) is 12.9 Å². The second-order valence-corrected chi connectivity index (χ2v) is 5.04. The minimum Gasteiger partial charge on any atom is -0.469 e. The summed E-state index contributed by atoms with van der Waals surface area (Å²) in [6.45, 7) is 1.95. The molecule has 0 saturated carbocycles. The lowest BCUT2D eigenvalue weighted by atomic mass is 10.0. The Labute approximate surface area is 84.4 Å². The fraction of sp³-hybridized carbons (Fsp3) is 0.900. The number of carbonyl (C=O) groups is 1. The second-order valence-electron chi connectivity index (χ2n) is 3.64. The molecule has 1 rings (SSSR count). The van der Waals surface area contributed by atoms with Crippen LogP contribution in [0.4, 0.5) is 0 Å². The normalized spacial score (nSPS) is 24.3. The van der Waals surface area contributed by atoms with E-state index in [1.807, 2.05) is 6.92 Å². The maximum absolute atomic E-state index is 11.1. The predicted octanol–water partition coefficient (Wildman–Crippen LogP) is 2.47. The molecule has 13 heavy (non-hydrogen) atoms. The van der Waals surface area contributed by atoms with Gasteiger partial charge < -0.3 is 4.74 Å². The molecule has 3 heteroatoms. The molecule has 0 bridgehead atoms. The van der Waals surface area contributed by atoms with Crippen LogP contribution in [0.2, 0.25) is 0 Å². The average Bonchev–Trinajstić information content (AvgIpc) is 2.65. The van der Waals surface area contributed by atoms with E-state index in [-0.39, 0.29) is 11.9 Å². The van der Waals surface area contributed by atoms with Gasteiger partial charge in [-0.25, -0.2) is 0 Å². The summed E-state index contributed by atoms with van der Waals surface area (Å²) < 4.78 is 4.68. The minimum absolute atomic E-state index is 0.0667. The van der Waals surface area contributed by atoms with Crippen LogP contribution in [-0.2, 0) is 9.53 Å². The van der Waals surface area contributed by atoms with Gasteiger partial charge in [-0.15, -0.1) is 0 Å². The third kappa shape index (κ3) is 3.59. The maximum atomic E-state index is 11.1. The smallest absolute Gasteiger partial charge is 0.308 e. The Morgan fingerprint density at radius 2 is 2.46 bits per heavy atom. The van der Waals surface area contributed by atoms with E-state index in [9.17, 15) is 4.79 Å². The lowest BCUT2D eigenvalue weighted by Crippen LogP contribution is -2.14. The van der Waals surface area contributed by atoms with Crippen molar-refractivity contribution < 1.29 is 9.53 Å². The molecule has 76 valence electrons. The molecule has 2 atom stereocenters. The number of ether oxygens (including phenoxy) is 1. The van der Waals surface area contributed by atoms with Gasteiger partial charge in [0.2, 0.25) is 0 Å². The largest absolute Gasteiger partial charge is 0.469 e. The first-order valence-corrected chi connectivity index (χ1v) is 5.98. The van der Waals surface area contributed by atoms with Crippen LogP contribution in [0, 0.1) is 5.92 Å². The van der Waals surface area contributed by atoms with Crippen molar-refractivity contribution in [1.82, 2.24) is 0 Å². The van der Waals surface area contributed by atoms with Gasteiger partial charge in [0, 0.05) is 5.25 Å². The van der Waals surface area contributed by atoms with E-state index in [0.717, 1.165) is 11.7 Å². The van der Waals surface area contributed by atoms with Crippen molar-refractivity contribution in [1.29, 1.82) is 0 Å². The van der Waals surface area contributed by atoms with E-state index in [2.05, 4.69) is 16.5 Å². The van der Waals surface area contributed by atoms with E-state index in [4.69, 9.17) is 0 Å². The fourth-order valence-electron chi connectivity index (χ4n) is 1.63. The van der Waals surface area contributed by atoms with Crippen LogP contribution in [0.25, 0.3) is 0 Å². The minimum atomic E-state index is -0.0667. The topological polar surface area (TPSA) is 26.3 Å². The van der Waals surface area contributed by atoms with Gasteiger partial charge in [-0.1, -0.05) is 6.92 Å². The summed E-state index contributed by atoms with van der Waals surface area (Å²) in [5.41, 5.74) is 0. The number of esters is 1.